The smallest absolute Gasteiger partial charge is 0.274 e. The van der Waals surface area contributed by atoms with Gasteiger partial charge in [-0.1, -0.05) is 13.3 Å². The van der Waals surface area contributed by atoms with E-state index in [0.717, 1.165) is 23.7 Å². The van der Waals surface area contributed by atoms with Gasteiger partial charge in [-0.15, -0.1) is 0 Å². The number of nitrogens with one attached hydrogen (secondary N) is 4. The fourth-order valence-electron chi connectivity index (χ4n) is 3.05. The van der Waals surface area contributed by atoms with Crippen LogP contribution in [0.1, 0.15) is 30.3 Å². The van der Waals surface area contributed by atoms with Crippen molar-refractivity contribution in [2.45, 2.75) is 24.7 Å². The highest BCUT2D eigenvalue weighted by atomic mass is 32.2. The summed E-state index contributed by atoms with van der Waals surface area (Å²) in [5.41, 5.74) is 2.29. The number of carbonyl (C=O) groups excluding carboxylic acids is 1. The molecule has 0 aliphatic carbocycles. The molecule has 0 atom stereocenters. The highest BCUT2D eigenvalue weighted by Gasteiger charge is 2.17. The first kappa shape index (κ1) is 19.1. The molecule has 2 aromatic carbocycles. The maximum Gasteiger partial charge on any atom is 0.274 e. The fourth-order valence-corrected chi connectivity index (χ4v) is 4.12. The summed E-state index contributed by atoms with van der Waals surface area (Å²) in [7, 11) is -3.55. The fraction of sp³-hybridized carbons (Fsp3) is 0.211. The topological polar surface area (TPSA) is 133 Å². The van der Waals surface area contributed by atoms with Gasteiger partial charge in [0.15, 0.2) is 0 Å². The van der Waals surface area contributed by atoms with Crippen LogP contribution < -0.4 is 10.0 Å². The number of hydrogen-bond donors (Lipinski definition) is 4. The predicted octanol–water partition coefficient (Wildman–Crippen LogP) is 2.77. The number of anilines is 1. The molecule has 0 saturated carbocycles. The number of fused-ring (bicyclic) bond motifs is 3. The van der Waals surface area contributed by atoms with Crippen LogP contribution >= 0.6 is 0 Å². The molecule has 29 heavy (non-hydrogen) atoms. The number of aromatic nitrogens is 4. The van der Waals surface area contributed by atoms with Crippen molar-refractivity contribution in [3.63, 3.8) is 0 Å². The minimum atomic E-state index is -3.55. The van der Waals surface area contributed by atoms with Crippen LogP contribution in [-0.2, 0) is 10.0 Å². The third kappa shape index (κ3) is 3.71. The molecule has 150 valence electrons. The van der Waals surface area contributed by atoms with Crippen LogP contribution in [0.2, 0.25) is 0 Å². The number of benzene rings is 2. The minimum absolute atomic E-state index is 0.154. The number of sulfonamides is 1. The highest BCUT2D eigenvalue weighted by Crippen LogP contribution is 2.25. The zero-order chi connectivity index (χ0) is 20.4. The highest BCUT2D eigenvalue weighted by molar-refractivity contribution is 7.89. The number of aromatic amines is 2. The largest absolute Gasteiger partial charge is 0.321 e. The number of H-pyrrole nitrogens is 2. The number of unbranched alkanes of at least 4 members (excludes halogenated alkanes) is 1. The molecule has 2 heterocycles. The van der Waals surface area contributed by atoms with E-state index in [4.69, 9.17) is 0 Å². The normalized spacial score (nSPS) is 11.9. The molecular weight excluding hydrogens is 392 g/mol. The van der Waals surface area contributed by atoms with Crippen molar-refractivity contribution < 1.29 is 13.2 Å². The summed E-state index contributed by atoms with van der Waals surface area (Å²) in [5, 5.41) is 18.1. The molecule has 1 amide bonds. The molecule has 0 unspecified atom stereocenters. The standard InChI is InChI=1S/C19H20N6O3S/c1-2-3-10-21-29(27,28)13-6-4-12(5-7-13)22-19(26)18-14-8-9-16-15(11-20-23-16)17(14)24-25-18/h4-9,11,21H,2-3,10H2,1H3,(H,20,23)(H,22,26)(H,24,25). The maximum absolute atomic E-state index is 12.7. The van der Waals surface area contributed by atoms with Crippen LogP contribution in [0.5, 0.6) is 0 Å². The molecule has 0 radical (unpaired) electrons. The molecule has 0 saturated heterocycles. The van der Waals surface area contributed by atoms with Gasteiger partial charge in [0.05, 0.1) is 16.6 Å². The van der Waals surface area contributed by atoms with E-state index in [1.165, 1.54) is 12.1 Å². The Morgan fingerprint density at radius 2 is 1.86 bits per heavy atom. The molecule has 0 bridgehead atoms. The first-order chi connectivity index (χ1) is 14.0. The molecule has 0 aliphatic heterocycles. The van der Waals surface area contributed by atoms with Crippen LogP contribution in [0, 0.1) is 0 Å². The van der Waals surface area contributed by atoms with Crippen LogP contribution in [0.15, 0.2) is 47.5 Å². The van der Waals surface area contributed by atoms with Crippen LogP contribution in [0.3, 0.4) is 0 Å². The maximum atomic E-state index is 12.7. The lowest BCUT2D eigenvalue weighted by Crippen LogP contribution is -2.24. The number of carbonyl (C=O) groups is 1. The van der Waals surface area contributed by atoms with E-state index in [0.29, 0.717) is 28.8 Å². The predicted molar refractivity (Wildman–Crippen MR) is 110 cm³/mol. The molecule has 2 aromatic heterocycles. The Balaban J connectivity index is 1.52. The van der Waals surface area contributed by atoms with E-state index in [1.54, 1.807) is 24.4 Å². The Hall–Kier alpha value is -3.24. The molecule has 10 heteroatoms. The second kappa shape index (κ2) is 7.64. The molecule has 0 aliphatic rings. The summed E-state index contributed by atoms with van der Waals surface area (Å²) in [6.07, 6.45) is 3.34. The summed E-state index contributed by atoms with van der Waals surface area (Å²) in [6, 6.07) is 9.67. The zero-order valence-corrected chi connectivity index (χ0v) is 16.5. The molecular formula is C19H20N6O3S. The van der Waals surface area contributed by atoms with Crippen LogP contribution in [-0.4, -0.2) is 41.3 Å². The summed E-state index contributed by atoms with van der Waals surface area (Å²) in [6.45, 7) is 2.39. The number of rotatable bonds is 7. The van der Waals surface area contributed by atoms with Crippen molar-refractivity contribution in [1.82, 2.24) is 25.1 Å². The monoisotopic (exact) mass is 412 g/mol. The summed E-state index contributed by atoms with van der Waals surface area (Å²) < 4.78 is 27.0. The molecule has 4 aromatic rings. The first-order valence-corrected chi connectivity index (χ1v) is 10.7. The summed E-state index contributed by atoms with van der Waals surface area (Å²) >= 11 is 0. The molecule has 0 spiro atoms. The third-order valence-corrected chi connectivity index (χ3v) is 6.09. The van der Waals surface area contributed by atoms with E-state index in [9.17, 15) is 13.2 Å². The van der Waals surface area contributed by atoms with Crippen molar-refractivity contribution in [2.24, 2.45) is 0 Å². The van der Waals surface area contributed by atoms with Gasteiger partial charge in [0, 0.05) is 23.0 Å². The average molecular weight is 412 g/mol. The van der Waals surface area contributed by atoms with Gasteiger partial charge in [-0.05, 0) is 42.8 Å². The van der Waals surface area contributed by atoms with E-state index in [2.05, 4.69) is 30.4 Å². The number of nitrogens with zero attached hydrogens (tertiary/aromatic N) is 2. The van der Waals surface area contributed by atoms with Crippen LogP contribution in [0.25, 0.3) is 21.8 Å². The average Bonchev–Trinajstić information content (AvgIpc) is 3.35. The quantitative estimate of drug-likeness (QED) is 0.347. The van der Waals surface area contributed by atoms with Gasteiger partial charge < -0.3 is 5.32 Å². The summed E-state index contributed by atoms with van der Waals surface area (Å²) in [4.78, 5) is 12.8. The minimum Gasteiger partial charge on any atom is -0.321 e. The van der Waals surface area contributed by atoms with Crippen LogP contribution in [0.4, 0.5) is 5.69 Å². The molecule has 9 nitrogen and oxygen atoms in total. The SMILES string of the molecule is CCCCNS(=O)(=O)c1ccc(NC(=O)c2[nH]nc3c2ccc2[nH]ncc23)cc1. The van der Waals surface area contributed by atoms with E-state index >= 15 is 0 Å². The Labute approximate surface area is 166 Å². The Morgan fingerprint density at radius 1 is 1.07 bits per heavy atom. The van der Waals surface area contributed by atoms with Gasteiger partial charge in [0.1, 0.15) is 11.2 Å². The van der Waals surface area contributed by atoms with Crippen molar-refractivity contribution in [3.8, 4) is 0 Å². The van der Waals surface area contributed by atoms with Crippen molar-refractivity contribution in [3.05, 3.63) is 48.3 Å². The lowest BCUT2D eigenvalue weighted by molar-refractivity contribution is 0.102. The van der Waals surface area contributed by atoms with E-state index < -0.39 is 10.0 Å². The van der Waals surface area contributed by atoms with Gasteiger partial charge >= 0.3 is 0 Å². The van der Waals surface area contributed by atoms with Gasteiger partial charge in [-0.2, -0.15) is 10.2 Å². The number of amides is 1. The Kier molecular flexibility index (Phi) is 5.03. The molecule has 4 N–H and O–H groups in total. The van der Waals surface area contributed by atoms with Gasteiger partial charge in [-0.25, -0.2) is 13.1 Å². The zero-order valence-electron chi connectivity index (χ0n) is 15.7. The second-order valence-electron chi connectivity index (χ2n) is 6.62. The van der Waals surface area contributed by atoms with E-state index in [1.807, 2.05) is 13.0 Å². The first-order valence-electron chi connectivity index (χ1n) is 9.21. The van der Waals surface area contributed by atoms with Gasteiger partial charge in [0.25, 0.3) is 5.91 Å². The Bertz CT molecular complexity index is 1270. The Morgan fingerprint density at radius 3 is 2.62 bits per heavy atom. The second-order valence-corrected chi connectivity index (χ2v) is 8.39. The third-order valence-electron chi connectivity index (χ3n) is 4.62. The lowest BCUT2D eigenvalue weighted by Gasteiger charge is -2.08. The van der Waals surface area contributed by atoms with Crippen molar-refractivity contribution in [2.75, 3.05) is 11.9 Å². The molecule has 0 fully saturated rings. The van der Waals surface area contributed by atoms with Gasteiger partial charge in [-0.3, -0.25) is 15.0 Å². The van der Waals surface area contributed by atoms with Crippen molar-refractivity contribution >= 4 is 43.4 Å². The van der Waals surface area contributed by atoms with Gasteiger partial charge in [0.2, 0.25) is 10.0 Å². The lowest BCUT2D eigenvalue weighted by atomic mass is 10.1. The van der Waals surface area contributed by atoms with Crippen molar-refractivity contribution in [1.29, 1.82) is 0 Å². The number of hydrogen-bond acceptors (Lipinski definition) is 5. The van der Waals surface area contributed by atoms with E-state index in [-0.39, 0.29) is 10.8 Å². The summed E-state index contributed by atoms with van der Waals surface area (Å²) in [5.74, 6) is -0.368. The molecule has 4 rings (SSSR count).